The maximum Gasteiger partial charge on any atom is 0.313 e. The molecule has 0 bridgehead atoms. The molecule has 0 spiro atoms. The fourth-order valence-electron chi connectivity index (χ4n) is 1.28. The van der Waals surface area contributed by atoms with Gasteiger partial charge >= 0.3 is 5.97 Å². The maximum absolute atomic E-state index is 11.0. The lowest BCUT2D eigenvalue weighted by molar-refractivity contribution is -0.139. The summed E-state index contributed by atoms with van der Waals surface area (Å²) in [5.41, 5.74) is 6.42. The molecule has 0 saturated carbocycles. The number of carbonyl (C=O) groups excluding carboxylic acids is 1. The molecule has 2 rings (SSSR count). The van der Waals surface area contributed by atoms with Gasteiger partial charge in [-0.3, -0.25) is 4.79 Å². The highest BCUT2D eigenvalue weighted by atomic mass is 16.5. The van der Waals surface area contributed by atoms with Crippen molar-refractivity contribution < 1.29 is 9.53 Å². The molecule has 0 amide bonds. The first-order valence-electron chi connectivity index (χ1n) is 4.37. The van der Waals surface area contributed by atoms with Crippen molar-refractivity contribution in [2.24, 2.45) is 0 Å². The molecule has 0 radical (unpaired) electrons. The van der Waals surface area contributed by atoms with Crippen LogP contribution in [-0.4, -0.2) is 27.7 Å². The molecule has 6 heteroatoms. The highest BCUT2D eigenvalue weighted by Gasteiger charge is 2.09. The second-order valence-electron chi connectivity index (χ2n) is 3.00. The molecule has 0 saturated heterocycles. The van der Waals surface area contributed by atoms with Gasteiger partial charge in [0.15, 0.2) is 11.6 Å². The number of ether oxygens (including phenoxy) is 1. The summed E-state index contributed by atoms with van der Waals surface area (Å²) in [6.45, 7) is 0. The van der Waals surface area contributed by atoms with Crippen molar-refractivity contribution in [3.8, 4) is 0 Å². The summed E-state index contributed by atoms with van der Waals surface area (Å²) in [4.78, 5) is 15.0. The van der Waals surface area contributed by atoms with Gasteiger partial charge < -0.3 is 10.5 Å². The Morgan fingerprint density at radius 1 is 1.67 bits per heavy atom. The molecule has 0 aliphatic heterocycles. The summed E-state index contributed by atoms with van der Waals surface area (Å²) in [6, 6.07) is 3.61. The Kier molecular flexibility index (Phi) is 2.24. The van der Waals surface area contributed by atoms with Crippen LogP contribution in [0.4, 0.5) is 5.82 Å². The van der Waals surface area contributed by atoms with Crippen LogP contribution in [0.15, 0.2) is 18.3 Å². The largest absolute Gasteiger partial charge is 0.469 e. The minimum atomic E-state index is -0.388. The van der Waals surface area contributed by atoms with Gasteiger partial charge in [0, 0.05) is 6.20 Å². The van der Waals surface area contributed by atoms with E-state index in [9.17, 15) is 4.79 Å². The third kappa shape index (κ3) is 1.74. The van der Waals surface area contributed by atoms with Crippen LogP contribution in [0.3, 0.4) is 0 Å². The lowest BCUT2D eigenvalue weighted by Crippen LogP contribution is -2.11. The molecule has 0 atom stereocenters. The first-order valence-corrected chi connectivity index (χ1v) is 4.37. The van der Waals surface area contributed by atoms with Gasteiger partial charge in [-0.1, -0.05) is 0 Å². The molecule has 6 nitrogen and oxygen atoms in total. The summed E-state index contributed by atoms with van der Waals surface area (Å²) in [5, 5.41) is 4.11. The molecular formula is C9H10N4O2. The zero-order chi connectivity index (χ0) is 10.8. The number of esters is 1. The molecule has 0 aliphatic carbocycles. The highest BCUT2D eigenvalue weighted by molar-refractivity contribution is 5.72. The Bertz CT molecular complexity index is 506. The molecule has 78 valence electrons. The monoisotopic (exact) mass is 206 g/mol. The second-order valence-corrected chi connectivity index (χ2v) is 3.00. The third-order valence-electron chi connectivity index (χ3n) is 1.99. The predicted molar refractivity (Wildman–Crippen MR) is 53.1 cm³/mol. The molecule has 2 aromatic heterocycles. The normalized spacial score (nSPS) is 10.5. The smallest absolute Gasteiger partial charge is 0.313 e. The minimum absolute atomic E-state index is 0.0226. The van der Waals surface area contributed by atoms with Crippen molar-refractivity contribution in [3.63, 3.8) is 0 Å². The number of fused-ring (bicyclic) bond motifs is 1. The number of aromatic nitrogens is 3. The number of hydrogen-bond donors (Lipinski definition) is 1. The Morgan fingerprint density at radius 3 is 3.20 bits per heavy atom. The van der Waals surface area contributed by atoms with Crippen LogP contribution < -0.4 is 5.73 Å². The summed E-state index contributed by atoms with van der Waals surface area (Å²) >= 11 is 0. The lowest BCUT2D eigenvalue weighted by atomic mass is 10.4. The van der Waals surface area contributed by atoms with Gasteiger partial charge in [-0.25, -0.2) is 9.50 Å². The minimum Gasteiger partial charge on any atom is -0.469 e. The van der Waals surface area contributed by atoms with Crippen LogP contribution >= 0.6 is 0 Å². The van der Waals surface area contributed by atoms with Crippen molar-refractivity contribution in [2.75, 3.05) is 12.8 Å². The molecule has 15 heavy (non-hydrogen) atoms. The zero-order valence-corrected chi connectivity index (χ0v) is 8.17. The van der Waals surface area contributed by atoms with Crippen LogP contribution in [0.25, 0.3) is 5.52 Å². The topological polar surface area (TPSA) is 82.5 Å². The number of anilines is 1. The molecule has 2 N–H and O–H groups in total. The van der Waals surface area contributed by atoms with E-state index in [1.807, 2.05) is 6.07 Å². The summed E-state index contributed by atoms with van der Waals surface area (Å²) in [7, 11) is 1.32. The quantitative estimate of drug-likeness (QED) is 0.701. The summed E-state index contributed by atoms with van der Waals surface area (Å²) in [5.74, 6) is 0.317. The Hall–Kier alpha value is -2.11. The van der Waals surface area contributed by atoms with E-state index in [-0.39, 0.29) is 12.4 Å². The van der Waals surface area contributed by atoms with Crippen molar-refractivity contribution in [1.29, 1.82) is 0 Å². The molecule has 2 heterocycles. The standard InChI is InChI=1S/C9H10N4O2/c1-15-8(14)5-7-11-9(10)6-3-2-4-13(6)12-7/h2-4H,5H2,1H3,(H2,10,11,12). The van der Waals surface area contributed by atoms with Crippen molar-refractivity contribution in [1.82, 2.24) is 14.6 Å². The number of carbonyl (C=O) groups is 1. The van der Waals surface area contributed by atoms with Gasteiger partial charge in [0.05, 0.1) is 7.11 Å². The van der Waals surface area contributed by atoms with Gasteiger partial charge in [0.2, 0.25) is 0 Å². The van der Waals surface area contributed by atoms with E-state index in [1.54, 1.807) is 16.8 Å². The van der Waals surface area contributed by atoms with Crippen LogP contribution in [0.5, 0.6) is 0 Å². The molecule has 2 aromatic rings. The fraction of sp³-hybridized carbons (Fsp3) is 0.222. The first kappa shape index (κ1) is 9.45. The van der Waals surface area contributed by atoms with Gasteiger partial charge in [-0.15, -0.1) is 0 Å². The zero-order valence-electron chi connectivity index (χ0n) is 8.17. The van der Waals surface area contributed by atoms with Crippen LogP contribution in [0, 0.1) is 0 Å². The average molecular weight is 206 g/mol. The van der Waals surface area contributed by atoms with Crippen molar-refractivity contribution >= 4 is 17.3 Å². The Morgan fingerprint density at radius 2 is 2.47 bits per heavy atom. The van der Waals surface area contributed by atoms with E-state index < -0.39 is 0 Å². The number of nitrogen functional groups attached to an aromatic ring is 1. The number of nitrogens with zero attached hydrogens (tertiary/aromatic N) is 3. The maximum atomic E-state index is 11.0. The summed E-state index contributed by atoms with van der Waals surface area (Å²) < 4.78 is 6.10. The van der Waals surface area contributed by atoms with Crippen LogP contribution in [-0.2, 0) is 16.0 Å². The third-order valence-corrected chi connectivity index (χ3v) is 1.99. The highest BCUT2D eigenvalue weighted by Crippen LogP contribution is 2.10. The van der Waals surface area contributed by atoms with E-state index >= 15 is 0 Å². The number of methoxy groups -OCH3 is 1. The average Bonchev–Trinajstić information content (AvgIpc) is 2.66. The van der Waals surface area contributed by atoms with E-state index in [0.29, 0.717) is 11.6 Å². The number of hydrogen-bond acceptors (Lipinski definition) is 5. The molecule has 0 fully saturated rings. The van der Waals surface area contributed by atoms with Crippen molar-refractivity contribution in [3.05, 3.63) is 24.2 Å². The number of nitrogens with two attached hydrogens (primary N) is 1. The molecule has 0 aromatic carbocycles. The first-order chi connectivity index (χ1) is 7.20. The lowest BCUT2D eigenvalue weighted by Gasteiger charge is -2.02. The molecular weight excluding hydrogens is 196 g/mol. The van der Waals surface area contributed by atoms with E-state index in [4.69, 9.17) is 5.73 Å². The Balaban J connectivity index is 2.40. The van der Waals surface area contributed by atoms with E-state index in [2.05, 4.69) is 14.8 Å². The van der Waals surface area contributed by atoms with Crippen molar-refractivity contribution in [2.45, 2.75) is 6.42 Å². The van der Waals surface area contributed by atoms with E-state index in [0.717, 1.165) is 5.52 Å². The summed E-state index contributed by atoms with van der Waals surface area (Å²) in [6.07, 6.45) is 1.77. The second kappa shape index (κ2) is 3.56. The van der Waals surface area contributed by atoms with Crippen LogP contribution in [0.1, 0.15) is 5.82 Å². The van der Waals surface area contributed by atoms with Gasteiger partial charge in [-0.05, 0) is 12.1 Å². The molecule has 0 unspecified atom stereocenters. The number of rotatable bonds is 2. The van der Waals surface area contributed by atoms with E-state index in [1.165, 1.54) is 7.11 Å². The predicted octanol–water partition coefficient (Wildman–Crippen LogP) is 0.0270. The van der Waals surface area contributed by atoms with Gasteiger partial charge in [0.1, 0.15) is 11.9 Å². The molecule has 0 aliphatic rings. The van der Waals surface area contributed by atoms with Gasteiger partial charge in [-0.2, -0.15) is 5.10 Å². The van der Waals surface area contributed by atoms with Crippen LogP contribution in [0.2, 0.25) is 0 Å². The SMILES string of the molecule is COC(=O)Cc1nc(N)c2cccn2n1. The van der Waals surface area contributed by atoms with Gasteiger partial charge in [0.25, 0.3) is 0 Å². The Labute approximate surface area is 85.7 Å². The fourth-order valence-corrected chi connectivity index (χ4v) is 1.28.